The monoisotopic (exact) mass is 442 g/mol. The van der Waals surface area contributed by atoms with E-state index in [9.17, 15) is 24.9 Å². The van der Waals surface area contributed by atoms with Gasteiger partial charge in [0, 0.05) is 10.8 Å². The fourth-order valence-electron chi connectivity index (χ4n) is 7.28. The van der Waals surface area contributed by atoms with E-state index in [0.29, 0.717) is 12.0 Å². The number of alkyl halides is 2. The van der Waals surface area contributed by atoms with E-state index in [0.717, 1.165) is 0 Å². The molecule has 0 aromatic carbocycles. The Bertz CT molecular complexity index is 839. The molecule has 9 atom stereocenters. The third-order valence-electron chi connectivity index (χ3n) is 8.79. The molecule has 0 aromatic heterocycles. The summed E-state index contributed by atoms with van der Waals surface area (Å²) in [5.41, 5.74) is -2.95. The van der Waals surface area contributed by atoms with E-state index in [1.807, 2.05) is 20.8 Å². The summed E-state index contributed by atoms with van der Waals surface area (Å²) in [5, 5.41) is 33.9. The molecule has 0 radical (unpaired) electrons. The summed E-state index contributed by atoms with van der Waals surface area (Å²) in [5.74, 6) is -1.82. The van der Waals surface area contributed by atoms with Gasteiger partial charge in [-0.2, -0.15) is 0 Å². The minimum absolute atomic E-state index is 0.141. The average molecular weight is 443 g/mol. The van der Waals surface area contributed by atoms with E-state index in [2.05, 4.69) is 0 Å². The Labute approximate surface area is 180 Å². The number of carbonyl (C=O) groups is 2. The number of hydrogen-bond donors (Lipinski definition) is 3. The maximum absolute atomic E-state index is 12.7. The highest BCUT2D eigenvalue weighted by molar-refractivity contribution is 6.29. The van der Waals surface area contributed by atoms with Crippen LogP contribution in [0.4, 0.5) is 0 Å². The summed E-state index contributed by atoms with van der Waals surface area (Å²) in [6.45, 7) is 5.53. The van der Waals surface area contributed by atoms with E-state index in [-0.39, 0.29) is 42.3 Å². The highest BCUT2D eigenvalue weighted by atomic mass is 35.5. The Morgan fingerprint density at radius 3 is 2.52 bits per heavy atom. The van der Waals surface area contributed by atoms with Crippen molar-refractivity contribution in [3.05, 3.63) is 23.8 Å². The van der Waals surface area contributed by atoms with Gasteiger partial charge in [0.2, 0.25) is 0 Å². The molecule has 3 fully saturated rings. The Hall–Kier alpha value is -0.720. The van der Waals surface area contributed by atoms with Gasteiger partial charge in [-0.15, -0.1) is 23.2 Å². The van der Waals surface area contributed by atoms with E-state index in [1.165, 1.54) is 12.2 Å². The van der Waals surface area contributed by atoms with Crippen LogP contribution in [0.15, 0.2) is 23.8 Å². The Balaban J connectivity index is 1.87. The summed E-state index contributed by atoms with van der Waals surface area (Å²) < 4.78 is 0. The second kappa shape index (κ2) is 6.39. The number of fused-ring (bicyclic) bond motifs is 5. The molecule has 7 heteroatoms. The van der Waals surface area contributed by atoms with Gasteiger partial charge >= 0.3 is 0 Å². The van der Waals surface area contributed by atoms with Gasteiger partial charge in [-0.1, -0.05) is 26.8 Å². The van der Waals surface area contributed by atoms with Gasteiger partial charge in [0.05, 0.1) is 23.0 Å². The summed E-state index contributed by atoms with van der Waals surface area (Å²) in [4.78, 5) is 23.5. The predicted octanol–water partition coefficient (Wildman–Crippen LogP) is 2.38. The molecule has 0 aromatic rings. The standard InChI is InChI=1S/C22H28Cl2O5/c1-11-6-13-14-8-16(26)15-7-12(25)4-5-19(15,2)21(14,24)17(27)9-20(13,3)22(11,29)18(28)10-23/h4-5,7,11,13-14,16-17,26-27,29H,6,8-10H2,1-3H3/t11-,13+,14?,16?,17+,19+,20+,21+,22+/m1/s1. The minimum atomic E-state index is -1.65. The van der Waals surface area contributed by atoms with Gasteiger partial charge in [-0.05, 0) is 54.7 Å². The van der Waals surface area contributed by atoms with Crippen LogP contribution in [-0.2, 0) is 9.59 Å². The van der Waals surface area contributed by atoms with Crippen LogP contribution in [0.1, 0.15) is 40.0 Å². The zero-order valence-corrected chi connectivity index (χ0v) is 18.4. The molecule has 160 valence electrons. The largest absolute Gasteiger partial charge is 0.391 e. The first-order valence-corrected chi connectivity index (χ1v) is 11.1. The zero-order valence-electron chi connectivity index (χ0n) is 16.9. The second-order valence-electron chi connectivity index (χ2n) is 9.87. The molecular formula is C22H28Cl2O5. The molecule has 0 heterocycles. The quantitative estimate of drug-likeness (QED) is 0.570. The summed E-state index contributed by atoms with van der Waals surface area (Å²) >= 11 is 13.1. The van der Waals surface area contributed by atoms with Crippen molar-refractivity contribution in [2.24, 2.45) is 28.6 Å². The van der Waals surface area contributed by atoms with Gasteiger partial charge in [0.1, 0.15) is 5.60 Å². The summed E-state index contributed by atoms with van der Waals surface area (Å²) in [6, 6.07) is 0. The van der Waals surface area contributed by atoms with Crippen LogP contribution in [0.2, 0.25) is 0 Å². The molecule has 3 N–H and O–H groups in total. The first-order chi connectivity index (χ1) is 13.4. The average Bonchev–Trinajstić information content (AvgIpc) is 2.86. The molecule has 0 spiro atoms. The molecule has 0 amide bonds. The zero-order chi connectivity index (χ0) is 21.6. The van der Waals surface area contributed by atoms with Crippen molar-refractivity contribution in [1.82, 2.24) is 0 Å². The third kappa shape index (κ3) is 2.34. The maximum atomic E-state index is 12.7. The molecule has 4 aliphatic rings. The summed E-state index contributed by atoms with van der Waals surface area (Å²) in [6.07, 6.45) is 3.59. The molecule has 0 aliphatic heterocycles. The topological polar surface area (TPSA) is 94.8 Å². The lowest BCUT2D eigenvalue weighted by Crippen LogP contribution is -2.70. The molecule has 0 saturated heterocycles. The number of rotatable bonds is 2. The lowest BCUT2D eigenvalue weighted by molar-refractivity contribution is -0.178. The van der Waals surface area contributed by atoms with E-state index in [4.69, 9.17) is 23.2 Å². The Morgan fingerprint density at radius 1 is 1.24 bits per heavy atom. The Kier molecular flexibility index (Phi) is 4.74. The highest BCUT2D eigenvalue weighted by Crippen LogP contribution is 2.71. The molecule has 5 nitrogen and oxygen atoms in total. The van der Waals surface area contributed by atoms with Crippen molar-refractivity contribution < 1.29 is 24.9 Å². The van der Waals surface area contributed by atoms with Crippen LogP contribution in [0.25, 0.3) is 0 Å². The van der Waals surface area contributed by atoms with Crippen molar-refractivity contribution in [1.29, 1.82) is 0 Å². The van der Waals surface area contributed by atoms with Crippen molar-refractivity contribution in [3.8, 4) is 0 Å². The number of aliphatic hydroxyl groups is 3. The van der Waals surface area contributed by atoms with E-state index >= 15 is 0 Å². The molecular weight excluding hydrogens is 415 g/mol. The van der Waals surface area contributed by atoms with Crippen LogP contribution >= 0.6 is 23.2 Å². The number of hydrogen-bond acceptors (Lipinski definition) is 5. The lowest BCUT2D eigenvalue weighted by Gasteiger charge is -2.64. The third-order valence-corrected chi connectivity index (χ3v) is 9.96. The molecule has 29 heavy (non-hydrogen) atoms. The first-order valence-electron chi connectivity index (χ1n) is 10.2. The van der Waals surface area contributed by atoms with Crippen LogP contribution in [-0.4, -0.2) is 55.4 Å². The van der Waals surface area contributed by atoms with E-state index in [1.54, 1.807) is 6.08 Å². The SMILES string of the molecule is C[C@@H]1C[C@H]2C3CC(O)C4=CC(=O)C=C[C@]4(C)[C@@]3(Cl)[C@@H](O)C[C@]2(C)[C@@]1(O)C(=O)CCl. The van der Waals surface area contributed by atoms with Crippen LogP contribution < -0.4 is 0 Å². The number of allylic oxidation sites excluding steroid dienone is 3. The van der Waals surface area contributed by atoms with Gasteiger partial charge in [0.25, 0.3) is 0 Å². The van der Waals surface area contributed by atoms with Crippen LogP contribution in [0.3, 0.4) is 0 Å². The maximum Gasteiger partial charge on any atom is 0.179 e. The number of Topliss-reactive ketones (excluding diaryl/α,β-unsaturated/α-hetero) is 1. The molecule has 2 unspecified atom stereocenters. The van der Waals surface area contributed by atoms with Crippen molar-refractivity contribution >= 4 is 34.8 Å². The minimum Gasteiger partial charge on any atom is -0.391 e. The van der Waals surface area contributed by atoms with E-state index < -0.39 is 39.3 Å². The van der Waals surface area contributed by atoms with Gasteiger partial charge in [-0.25, -0.2) is 0 Å². The molecule has 0 bridgehead atoms. The summed E-state index contributed by atoms with van der Waals surface area (Å²) in [7, 11) is 0. The number of aliphatic hydroxyl groups excluding tert-OH is 2. The normalized spacial score (nSPS) is 53.7. The fourth-order valence-corrected chi connectivity index (χ4v) is 7.97. The molecule has 3 saturated carbocycles. The number of halogens is 2. The smallest absolute Gasteiger partial charge is 0.179 e. The van der Waals surface area contributed by atoms with Gasteiger partial charge < -0.3 is 15.3 Å². The number of ketones is 2. The second-order valence-corrected chi connectivity index (χ2v) is 10.8. The Morgan fingerprint density at radius 2 is 1.90 bits per heavy atom. The van der Waals surface area contributed by atoms with Crippen molar-refractivity contribution in [2.75, 3.05) is 5.88 Å². The number of carbonyl (C=O) groups excluding carboxylic acids is 2. The van der Waals surface area contributed by atoms with Gasteiger partial charge in [0.15, 0.2) is 11.6 Å². The predicted molar refractivity (Wildman–Crippen MR) is 110 cm³/mol. The van der Waals surface area contributed by atoms with Crippen LogP contribution in [0.5, 0.6) is 0 Å². The van der Waals surface area contributed by atoms with Crippen molar-refractivity contribution in [3.63, 3.8) is 0 Å². The molecule has 4 rings (SSSR count). The van der Waals surface area contributed by atoms with Crippen molar-refractivity contribution in [2.45, 2.75) is 62.7 Å². The lowest BCUT2D eigenvalue weighted by atomic mass is 9.45. The first kappa shape index (κ1) is 21.5. The van der Waals surface area contributed by atoms with Crippen LogP contribution in [0, 0.1) is 28.6 Å². The van der Waals surface area contributed by atoms with Gasteiger partial charge in [-0.3, -0.25) is 9.59 Å². The fraction of sp³-hybridized carbons (Fsp3) is 0.727. The highest BCUT2D eigenvalue weighted by Gasteiger charge is 2.75. The molecule has 4 aliphatic carbocycles.